The van der Waals surface area contributed by atoms with Crippen LogP contribution in [0.4, 0.5) is 0 Å². The number of thioether (sulfide) groups is 1. The number of ketones is 1. The first-order chi connectivity index (χ1) is 15.4. The van der Waals surface area contributed by atoms with Crippen molar-refractivity contribution in [1.29, 1.82) is 0 Å². The monoisotopic (exact) mass is 481 g/mol. The molecule has 7 heteroatoms. The van der Waals surface area contributed by atoms with Crippen molar-refractivity contribution in [2.24, 2.45) is 27.9 Å². The van der Waals surface area contributed by atoms with Crippen molar-refractivity contribution in [1.82, 2.24) is 0 Å². The first kappa shape index (κ1) is 26.7. The fraction of sp³-hybridized carbons (Fsp3) is 0.846. The number of ether oxygens (including phenoxy) is 1. The van der Waals surface area contributed by atoms with Crippen LogP contribution < -0.4 is 5.73 Å². The van der Waals surface area contributed by atoms with Gasteiger partial charge in [-0.15, -0.1) is 18.3 Å². The highest BCUT2D eigenvalue weighted by atomic mass is 32.2. The molecule has 9 atom stereocenters. The van der Waals surface area contributed by atoms with Crippen LogP contribution in [0.3, 0.4) is 0 Å². The summed E-state index contributed by atoms with van der Waals surface area (Å²) in [5.41, 5.74) is 4.86. The smallest absolute Gasteiger partial charge is 0.316 e. The van der Waals surface area contributed by atoms with E-state index in [4.69, 9.17) is 10.5 Å². The Bertz CT molecular complexity index is 757. The molecule has 0 bridgehead atoms. The SMILES string of the molecule is C=C[C@](C)(C[C@H](CC)OC(=O)CS[C@@H]1CC[C@@H](N)C[C@H]1O)[C@@H](O)[C@H](C)[C@@]12CCC(=O)C1(C)C2. The van der Waals surface area contributed by atoms with Crippen molar-refractivity contribution in [3.05, 3.63) is 12.7 Å². The lowest BCUT2D eigenvalue weighted by atomic mass is 9.68. The number of carbonyl (C=O) groups excluding carboxylic acids is 2. The number of carbonyl (C=O) groups is 2. The number of fused-ring (bicyclic) bond motifs is 1. The minimum Gasteiger partial charge on any atom is -0.462 e. The summed E-state index contributed by atoms with van der Waals surface area (Å²) in [6.07, 6.45) is 5.96. The Morgan fingerprint density at radius 3 is 2.67 bits per heavy atom. The molecular formula is C26H43NO5S. The number of aliphatic hydroxyl groups excluding tert-OH is 2. The van der Waals surface area contributed by atoms with E-state index in [-0.39, 0.29) is 45.9 Å². The molecular weight excluding hydrogens is 438 g/mol. The van der Waals surface area contributed by atoms with Crippen molar-refractivity contribution in [3.8, 4) is 0 Å². The Morgan fingerprint density at radius 2 is 2.15 bits per heavy atom. The van der Waals surface area contributed by atoms with Gasteiger partial charge in [0.15, 0.2) is 0 Å². The molecule has 188 valence electrons. The fourth-order valence-electron chi connectivity index (χ4n) is 6.53. The molecule has 3 aliphatic carbocycles. The van der Waals surface area contributed by atoms with Gasteiger partial charge in [0.2, 0.25) is 0 Å². The summed E-state index contributed by atoms with van der Waals surface area (Å²) in [6.45, 7) is 12.0. The second-order valence-corrected chi connectivity index (χ2v) is 12.5. The third-order valence-electron chi connectivity index (χ3n) is 9.18. The van der Waals surface area contributed by atoms with Crippen LogP contribution in [-0.4, -0.2) is 57.3 Å². The predicted octanol–water partition coefficient (Wildman–Crippen LogP) is 3.62. The summed E-state index contributed by atoms with van der Waals surface area (Å²) in [7, 11) is 0. The van der Waals surface area contributed by atoms with Gasteiger partial charge in [-0.3, -0.25) is 9.59 Å². The van der Waals surface area contributed by atoms with E-state index >= 15 is 0 Å². The van der Waals surface area contributed by atoms with Gasteiger partial charge in [-0.05, 0) is 56.3 Å². The molecule has 3 fully saturated rings. The van der Waals surface area contributed by atoms with E-state index < -0.39 is 17.6 Å². The molecule has 0 aromatic rings. The Kier molecular flexibility index (Phi) is 8.09. The van der Waals surface area contributed by atoms with Crippen molar-refractivity contribution in [2.45, 2.75) is 109 Å². The number of hydrogen-bond acceptors (Lipinski definition) is 7. The fourth-order valence-corrected chi connectivity index (χ4v) is 7.58. The van der Waals surface area contributed by atoms with E-state index in [1.54, 1.807) is 6.08 Å². The quantitative estimate of drug-likeness (QED) is 0.305. The minimum atomic E-state index is -0.675. The topological polar surface area (TPSA) is 110 Å². The lowest BCUT2D eigenvalue weighted by Crippen LogP contribution is -2.43. The summed E-state index contributed by atoms with van der Waals surface area (Å²) < 4.78 is 5.79. The molecule has 0 aliphatic heterocycles. The first-order valence-electron chi connectivity index (χ1n) is 12.5. The van der Waals surface area contributed by atoms with Gasteiger partial charge in [-0.2, -0.15) is 0 Å². The molecule has 1 unspecified atom stereocenters. The summed E-state index contributed by atoms with van der Waals surface area (Å²) in [5.74, 6) is 0.183. The Labute approximate surface area is 203 Å². The van der Waals surface area contributed by atoms with E-state index in [1.165, 1.54) is 11.8 Å². The molecule has 4 N–H and O–H groups in total. The highest BCUT2D eigenvalue weighted by molar-refractivity contribution is 8.00. The van der Waals surface area contributed by atoms with E-state index in [9.17, 15) is 19.8 Å². The standard InChI is InChI=1S/C26H43NO5S/c1-6-18(32-22(30)14-33-20-9-8-17(27)12-19(20)28)13-24(4,7-2)23(31)16(3)26-11-10-21(29)25(26,5)15-26/h7,16-20,23,28,31H,2,6,8-15,27H2,1,3-5H3/t16-,17+,18-,19+,20+,23-,24+,25?,26-/m0/s1. The van der Waals surface area contributed by atoms with Crippen LogP contribution in [0.1, 0.15) is 79.1 Å². The number of nitrogens with two attached hydrogens (primary N) is 1. The van der Waals surface area contributed by atoms with Crippen LogP contribution in [-0.2, 0) is 14.3 Å². The lowest BCUT2D eigenvalue weighted by molar-refractivity contribution is -0.148. The zero-order valence-electron chi connectivity index (χ0n) is 20.7. The van der Waals surface area contributed by atoms with Crippen LogP contribution >= 0.6 is 11.8 Å². The van der Waals surface area contributed by atoms with Crippen molar-refractivity contribution in [3.63, 3.8) is 0 Å². The highest BCUT2D eigenvalue weighted by Gasteiger charge is 2.74. The predicted molar refractivity (Wildman–Crippen MR) is 132 cm³/mol. The first-order valence-corrected chi connectivity index (χ1v) is 13.6. The largest absolute Gasteiger partial charge is 0.462 e. The molecule has 3 rings (SSSR count). The van der Waals surface area contributed by atoms with Crippen molar-refractivity contribution >= 4 is 23.5 Å². The normalized spacial score (nSPS) is 38.0. The van der Waals surface area contributed by atoms with Crippen molar-refractivity contribution < 1.29 is 24.5 Å². The molecule has 6 nitrogen and oxygen atoms in total. The van der Waals surface area contributed by atoms with Gasteiger partial charge in [0.1, 0.15) is 11.9 Å². The molecule has 33 heavy (non-hydrogen) atoms. The van der Waals surface area contributed by atoms with Crippen LogP contribution in [0.2, 0.25) is 0 Å². The molecule has 0 heterocycles. The number of esters is 1. The van der Waals surface area contributed by atoms with Crippen molar-refractivity contribution in [2.75, 3.05) is 5.75 Å². The van der Waals surface area contributed by atoms with Gasteiger partial charge < -0.3 is 20.7 Å². The number of aliphatic hydroxyl groups is 2. The number of hydrogen-bond donors (Lipinski definition) is 3. The molecule has 0 spiro atoms. The third kappa shape index (κ3) is 5.07. The van der Waals surface area contributed by atoms with Gasteiger partial charge in [0.25, 0.3) is 0 Å². The third-order valence-corrected chi connectivity index (χ3v) is 10.6. The summed E-state index contributed by atoms with van der Waals surface area (Å²) in [6, 6.07) is 0.0362. The average molecular weight is 482 g/mol. The van der Waals surface area contributed by atoms with Gasteiger partial charge in [-0.1, -0.05) is 33.8 Å². The Morgan fingerprint density at radius 1 is 1.45 bits per heavy atom. The maximum absolute atomic E-state index is 12.6. The highest BCUT2D eigenvalue weighted by Crippen LogP contribution is 2.75. The van der Waals surface area contributed by atoms with Gasteiger partial charge in [0, 0.05) is 28.5 Å². The van der Waals surface area contributed by atoms with Gasteiger partial charge in [0.05, 0.1) is 18.0 Å². The number of Topliss-reactive ketones (excluding diaryl/α,β-unsaturated/α-hetero) is 1. The zero-order chi connectivity index (χ0) is 24.6. The molecule has 0 saturated heterocycles. The van der Waals surface area contributed by atoms with Crippen LogP contribution in [0.15, 0.2) is 12.7 Å². The Balaban J connectivity index is 1.56. The molecule has 0 aromatic heterocycles. The second kappa shape index (κ2) is 10.00. The average Bonchev–Trinajstić information content (AvgIpc) is 3.33. The van der Waals surface area contributed by atoms with Gasteiger partial charge in [-0.25, -0.2) is 0 Å². The molecule has 0 aromatic carbocycles. The van der Waals surface area contributed by atoms with Crippen LogP contribution in [0, 0.1) is 22.2 Å². The molecule has 3 aliphatic rings. The van der Waals surface area contributed by atoms with E-state index in [0.717, 1.165) is 25.7 Å². The van der Waals surface area contributed by atoms with Gasteiger partial charge >= 0.3 is 5.97 Å². The molecule has 0 amide bonds. The minimum absolute atomic E-state index is 0.0137. The lowest BCUT2D eigenvalue weighted by Gasteiger charge is -2.40. The second-order valence-electron chi connectivity index (χ2n) is 11.2. The summed E-state index contributed by atoms with van der Waals surface area (Å²) >= 11 is 1.44. The maximum Gasteiger partial charge on any atom is 0.316 e. The van der Waals surface area contributed by atoms with Crippen LogP contribution in [0.5, 0.6) is 0 Å². The van der Waals surface area contributed by atoms with E-state index in [2.05, 4.69) is 13.5 Å². The molecule has 3 saturated carbocycles. The van der Waals surface area contributed by atoms with Crippen LogP contribution in [0.25, 0.3) is 0 Å². The molecule has 0 radical (unpaired) electrons. The zero-order valence-corrected chi connectivity index (χ0v) is 21.5. The Hall–Kier alpha value is -0.890. The van der Waals surface area contributed by atoms with E-state index in [0.29, 0.717) is 31.5 Å². The summed E-state index contributed by atoms with van der Waals surface area (Å²) in [4.78, 5) is 24.9. The summed E-state index contributed by atoms with van der Waals surface area (Å²) in [5, 5.41) is 21.7. The van der Waals surface area contributed by atoms with E-state index in [1.807, 2.05) is 20.8 Å². The maximum atomic E-state index is 12.6. The number of rotatable bonds is 11.